The van der Waals surface area contributed by atoms with E-state index in [-0.39, 0.29) is 0 Å². The van der Waals surface area contributed by atoms with Gasteiger partial charge >= 0.3 is 6.03 Å². The van der Waals surface area contributed by atoms with E-state index in [1.54, 1.807) is 0 Å². The van der Waals surface area contributed by atoms with Gasteiger partial charge in [-0.3, -0.25) is 4.79 Å². The number of nitrogens with zero attached hydrogens (tertiary/aromatic N) is 1. The van der Waals surface area contributed by atoms with Crippen LogP contribution in [0, 0.1) is 0 Å². The molecule has 6 nitrogen and oxygen atoms in total. The lowest BCUT2D eigenvalue weighted by Crippen LogP contribution is -2.38. The smallest absolute Gasteiger partial charge is 0.339 e. The van der Waals surface area contributed by atoms with E-state index >= 15 is 0 Å². The van der Waals surface area contributed by atoms with Gasteiger partial charge in [-0.15, -0.1) is 0 Å². The Morgan fingerprint density at radius 3 is 2.50 bits per heavy atom. The topological polar surface area (TPSA) is 95.7 Å². The summed E-state index contributed by atoms with van der Waals surface area (Å²) in [7, 11) is 0. The molecule has 4 N–H and O–H groups in total. The lowest BCUT2D eigenvalue weighted by Gasteiger charge is -2.01. The third kappa shape index (κ3) is 0.829. The van der Waals surface area contributed by atoms with E-state index in [4.69, 9.17) is 10.9 Å². The molecule has 0 radical (unpaired) electrons. The number of imide groups is 1. The van der Waals surface area contributed by atoms with Crippen LogP contribution in [0.25, 0.3) is 0 Å². The van der Waals surface area contributed by atoms with Gasteiger partial charge in [0, 0.05) is 0 Å². The fourth-order valence-corrected chi connectivity index (χ4v) is 0.672. The Kier molecular flexibility index (Phi) is 1.56. The van der Waals surface area contributed by atoms with Crippen molar-refractivity contribution in [3.63, 3.8) is 0 Å². The van der Waals surface area contributed by atoms with E-state index in [1.807, 2.05) is 0 Å². The van der Waals surface area contributed by atoms with E-state index < -0.39 is 24.6 Å². The van der Waals surface area contributed by atoms with Gasteiger partial charge in [-0.25, -0.2) is 10.6 Å². The normalized spacial score (nSPS) is 25.4. The summed E-state index contributed by atoms with van der Waals surface area (Å²) in [5.41, 5.74) is 0. The van der Waals surface area contributed by atoms with Crippen LogP contribution in [0.4, 0.5) is 4.79 Å². The number of carbonyl (C=O) groups is 2. The first-order chi connectivity index (χ1) is 4.66. The average Bonchev–Trinajstić information content (AvgIpc) is 2.17. The number of hydrogen-bond donors (Lipinski definition) is 3. The molecule has 0 aromatic carbocycles. The maximum atomic E-state index is 10.7. The first-order valence-electron chi connectivity index (χ1n) is 2.67. The van der Waals surface area contributed by atoms with Crippen LogP contribution in [-0.2, 0) is 4.79 Å². The lowest BCUT2D eigenvalue weighted by molar-refractivity contribution is -0.128. The van der Waals surface area contributed by atoms with Crippen molar-refractivity contribution in [1.29, 1.82) is 0 Å². The van der Waals surface area contributed by atoms with Gasteiger partial charge in [0.05, 0.1) is 6.61 Å². The molecule has 1 aliphatic rings. The number of hydrogen-bond acceptors (Lipinski definition) is 4. The van der Waals surface area contributed by atoms with Crippen LogP contribution in [0.5, 0.6) is 0 Å². The average molecular weight is 145 g/mol. The third-order valence-corrected chi connectivity index (χ3v) is 1.23. The zero-order valence-corrected chi connectivity index (χ0v) is 5.07. The molecule has 0 aromatic rings. The van der Waals surface area contributed by atoms with Gasteiger partial charge in [0.1, 0.15) is 6.04 Å². The molecule has 10 heavy (non-hydrogen) atoms. The predicted molar refractivity (Wildman–Crippen MR) is 30.4 cm³/mol. The number of rotatable bonds is 1. The number of aliphatic hydroxyl groups excluding tert-OH is 1. The first kappa shape index (κ1) is 6.97. The highest BCUT2D eigenvalue weighted by atomic mass is 16.3. The molecule has 0 saturated carbocycles. The third-order valence-electron chi connectivity index (χ3n) is 1.23. The number of carbonyl (C=O) groups excluding carboxylic acids is 2. The van der Waals surface area contributed by atoms with E-state index in [9.17, 15) is 9.59 Å². The quantitative estimate of drug-likeness (QED) is 0.221. The van der Waals surface area contributed by atoms with Crippen LogP contribution >= 0.6 is 0 Å². The molecule has 0 aliphatic carbocycles. The van der Waals surface area contributed by atoms with Crippen molar-refractivity contribution in [2.75, 3.05) is 6.61 Å². The summed E-state index contributed by atoms with van der Waals surface area (Å²) in [5, 5.41) is 11.1. The van der Waals surface area contributed by atoms with Crippen molar-refractivity contribution in [2.24, 2.45) is 5.84 Å². The van der Waals surface area contributed by atoms with Crippen molar-refractivity contribution in [2.45, 2.75) is 6.04 Å². The SMILES string of the molecule is NN1C(=O)NC(CO)C1=O. The van der Waals surface area contributed by atoms with Crippen molar-refractivity contribution < 1.29 is 14.7 Å². The second kappa shape index (κ2) is 2.24. The number of nitrogens with two attached hydrogens (primary N) is 1. The molecule has 1 unspecified atom stereocenters. The number of urea groups is 1. The molecule has 0 bridgehead atoms. The van der Waals surface area contributed by atoms with Gasteiger partial charge in [-0.1, -0.05) is 0 Å². The zero-order valence-electron chi connectivity index (χ0n) is 5.07. The molecule has 0 spiro atoms. The highest BCUT2D eigenvalue weighted by Gasteiger charge is 2.35. The summed E-state index contributed by atoms with van der Waals surface area (Å²) in [4.78, 5) is 21.2. The molecule has 1 aliphatic heterocycles. The van der Waals surface area contributed by atoms with Crippen LogP contribution in [-0.4, -0.2) is 34.7 Å². The highest BCUT2D eigenvalue weighted by Crippen LogP contribution is 1.98. The van der Waals surface area contributed by atoms with Crippen LogP contribution in [0.15, 0.2) is 0 Å². The molecule has 1 saturated heterocycles. The summed E-state index contributed by atoms with van der Waals surface area (Å²) in [6, 6.07) is -1.54. The maximum Gasteiger partial charge on any atom is 0.339 e. The Bertz CT molecular complexity index is 181. The predicted octanol–water partition coefficient (Wildman–Crippen LogP) is -2.23. The van der Waals surface area contributed by atoms with Crippen LogP contribution < -0.4 is 11.2 Å². The molecule has 1 fully saturated rings. The Labute approximate surface area is 56.6 Å². The number of hydrazine groups is 1. The minimum absolute atomic E-state index is 0.418. The van der Waals surface area contributed by atoms with Gasteiger partial charge in [-0.2, -0.15) is 5.01 Å². The minimum Gasteiger partial charge on any atom is -0.394 e. The molecule has 3 amide bonds. The van der Waals surface area contributed by atoms with Gasteiger partial charge in [0.25, 0.3) is 5.91 Å². The molecule has 1 atom stereocenters. The Morgan fingerprint density at radius 2 is 2.30 bits per heavy atom. The maximum absolute atomic E-state index is 10.7. The second-order valence-electron chi connectivity index (χ2n) is 1.89. The summed E-state index contributed by atoms with van der Waals surface area (Å²) in [6.45, 7) is -0.418. The molecule has 1 rings (SSSR count). The highest BCUT2D eigenvalue weighted by molar-refractivity contribution is 6.03. The molecule has 1 heterocycles. The van der Waals surface area contributed by atoms with Gasteiger partial charge < -0.3 is 10.4 Å². The largest absolute Gasteiger partial charge is 0.394 e. The summed E-state index contributed by atoms with van der Waals surface area (Å²) < 4.78 is 0. The number of nitrogens with one attached hydrogen (secondary N) is 1. The van der Waals surface area contributed by atoms with Crippen LogP contribution in [0.3, 0.4) is 0 Å². The first-order valence-corrected chi connectivity index (χ1v) is 2.67. The van der Waals surface area contributed by atoms with E-state index in [1.165, 1.54) is 0 Å². The molecular formula is C4H7N3O3. The van der Waals surface area contributed by atoms with Crippen molar-refractivity contribution in [3.8, 4) is 0 Å². The van der Waals surface area contributed by atoms with Crippen molar-refractivity contribution in [3.05, 3.63) is 0 Å². The van der Waals surface area contributed by atoms with Crippen LogP contribution in [0.1, 0.15) is 0 Å². The van der Waals surface area contributed by atoms with Crippen LogP contribution in [0.2, 0.25) is 0 Å². The monoisotopic (exact) mass is 145 g/mol. The summed E-state index contributed by atoms with van der Waals surface area (Å²) >= 11 is 0. The standard InChI is InChI=1S/C4H7N3O3/c5-7-3(9)2(1-8)6-4(7)10/h2,8H,1,5H2,(H,6,10). The fourth-order valence-electron chi connectivity index (χ4n) is 0.672. The Morgan fingerprint density at radius 1 is 1.70 bits per heavy atom. The van der Waals surface area contributed by atoms with Gasteiger partial charge in [0.2, 0.25) is 0 Å². The summed E-state index contributed by atoms with van der Waals surface area (Å²) in [5.74, 6) is 4.34. The van der Waals surface area contributed by atoms with Gasteiger partial charge in [-0.05, 0) is 0 Å². The molecule has 0 aromatic heterocycles. The fraction of sp³-hybridized carbons (Fsp3) is 0.500. The van der Waals surface area contributed by atoms with E-state index in [0.717, 1.165) is 0 Å². The number of aliphatic hydroxyl groups is 1. The van der Waals surface area contributed by atoms with E-state index in [2.05, 4.69) is 5.32 Å². The Hall–Kier alpha value is -1.14. The van der Waals surface area contributed by atoms with Gasteiger partial charge in [0.15, 0.2) is 0 Å². The number of amides is 3. The molecule has 6 heteroatoms. The Balaban J connectivity index is 2.71. The second-order valence-corrected chi connectivity index (χ2v) is 1.89. The van der Waals surface area contributed by atoms with Crippen molar-refractivity contribution in [1.82, 2.24) is 10.3 Å². The van der Waals surface area contributed by atoms with E-state index in [0.29, 0.717) is 5.01 Å². The zero-order chi connectivity index (χ0) is 7.72. The molecule has 56 valence electrons. The van der Waals surface area contributed by atoms with Crippen molar-refractivity contribution >= 4 is 11.9 Å². The summed E-state index contributed by atoms with van der Waals surface area (Å²) in [6.07, 6.45) is 0. The molecular weight excluding hydrogens is 138 g/mol. The minimum atomic E-state index is -0.863. The lowest BCUT2D eigenvalue weighted by atomic mass is 10.3.